The first-order valence-electron chi connectivity index (χ1n) is 9.67. The Hall–Kier alpha value is -1.61. The smallest absolute Gasteiger partial charge is 0.305 e. The Balaban J connectivity index is 3.61. The number of rotatable bonds is 15. The zero-order valence-corrected chi connectivity index (χ0v) is 16.0. The molecule has 142 valence electrons. The predicted octanol–water partition coefficient (Wildman–Crippen LogP) is 5.67. The van der Waals surface area contributed by atoms with Crippen LogP contribution in [0.25, 0.3) is 0 Å². The van der Waals surface area contributed by atoms with Crippen LogP contribution in [0, 0.1) is 0 Å². The van der Waals surface area contributed by atoms with Gasteiger partial charge in [-0.1, -0.05) is 68.4 Å². The first kappa shape index (κ1) is 23.4. The van der Waals surface area contributed by atoms with Gasteiger partial charge in [0, 0.05) is 6.42 Å². The quantitative estimate of drug-likeness (QED) is 0.236. The first-order chi connectivity index (χ1) is 12.2. The number of hydrogen-bond donors (Lipinski definition) is 1. The fourth-order valence-corrected chi connectivity index (χ4v) is 2.19. The maximum absolute atomic E-state index is 11.1. The monoisotopic (exact) mass is 348 g/mol. The van der Waals surface area contributed by atoms with Crippen molar-refractivity contribution in [2.75, 3.05) is 6.61 Å². The summed E-state index contributed by atoms with van der Waals surface area (Å²) in [5.41, 5.74) is 0. The molecule has 0 aromatic rings. The van der Waals surface area contributed by atoms with Gasteiger partial charge >= 0.3 is 5.97 Å². The summed E-state index contributed by atoms with van der Waals surface area (Å²) in [7, 11) is 0. The predicted molar refractivity (Wildman–Crippen MR) is 106 cm³/mol. The number of carbonyl (C=O) groups is 1. The average Bonchev–Trinajstić information content (AvgIpc) is 2.59. The van der Waals surface area contributed by atoms with Crippen LogP contribution in [0.2, 0.25) is 0 Å². The van der Waals surface area contributed by atoms with E-state index in [2.05, 4.69) is 37.3 Å². The molecule has 0 aliphatic heterocycles. The van der Waals surface area contributed by atoms with Crippen LogP contribution in [-0.4, -0.2) is 23.8 Å². The van der Waals surface area contributed by atoms with Crippen molar-refractivity contribution >= 4 is 5.97 Å². The summed E-state index contributed by atoms with van der Waals surface area (Å²) in [5, 5.41) is 9.76. The summed E-state index contributed by atoms with van der Waals surface area (Å²) in [6, 6.07) is 0. The van der Waals surface area contributed by atoms with Gasteiger partial charge in [-0.25, -0.2) is 0 Å². The van der Waals surface area contributed by atoms with Crippen molar-refractivity contribution in [1.29, 1.82) is 0 Å². The van der Waals surface area contributed by atoms with Crippen LogP contribution in [0.15, 0.2) is 48.6 Å². The minimum Gasteiger partial charge on any atom is -0.466 e. The Labute approximate surface area is 154 Å². The van der Waals surface area contributed by atoms with E-state index in [1.54, 1.807) is 0 Å². The van der Waals surface area contributed by atoms with E-state index in [0.29, 0.717) is 13.0 Å². The van der Waals surface area contributed by atoms with Gasteiger partial charge < -0.3 is 9.84 Å². The third-order valence-corrected chi connectivity index (χ3v) is 3.58. The van der Waals surface area contributed by atoms with Crippen LogP contribution in [0.4, 0.5) is 0 Å². The molecule has 3 heteroatoms. The van der Waals surface area contributed by atoms with Gasteiger partial charge in [0.15, 0.2) is 0 Å². The van der Waals surface area contributed by atoms with E-state index in [1.807, 2.05) is 25.2 Å². The Morgan fingerprint density at radius 1 is 0.880 bits per heavy atom. The van der Waals surface area contributed by atoms with Gasteiger partial charge in [-0.05, 0) is 45.4 Å². The maximum Gasteiger partial charge on any atom is 0.305 e. The molecule has 0 radical (unpaired) electrons. The third-order valence-electron chi connectivity index (χ3n) is 3.58. The molecule has 0 heterocycles. The van der Waals surface area contributed by atoms with E-state index in [0.717, 1.165) is 32.1 Å². The molecule has 0 fully saturated rings. The first-order valence-corrected chi connectivity index (χ1v) is 9.67. The van der Waals surface area contributed by atoms with Crippen LogP contribution < -0.4 is 0 Å². The number of unbranched alkanes of at least 4 members (excludes halogenated alkanes) is 4. The van der Waals surface area contributed by atoms with E-state index < -0.39 is 6.10 Å². The second-order valence-electron chi connectivity index (χ2n) is 5.95. The zero-order valence-electron chi connectivity index (χ0n) is 16.0. The van der Waals surface area contributed by atoms with Crippen LogP contribution >= 0.6 is 0 Å². The number of aliphatic hydroxyl groups is 1. The highest BCUT2D eigenvalue weighted by Gasteiger charge is 1.98. The topological polar surface area (TPSA) is 46.5 Å². The molecule has 1 N–H and O–H groups in total. The Kier molecular flexibility index (Phi) is 17.5. The minimum absolute atomic E-state index is 0.111. The molecule has 0 aromatic carbocycles. The van der Waals surface area contributed by atoms with Crippen molar-refractivity contribution in [1.82, 2.24) is 0 Å². The number of carbonyl (C=O) groups excluding carboxylic acids is 1. The summed E-state index contributed by atoms with van der Waals surface area (Å²) in [6.07, 6.45) is 24.4. The summed E-state index contributed by atoms with van der Waals surface area (Å²) in [4.78, 5) is 11.1. The van der Waals surface area contributed by atoms with Crippen LogP contribution in [-0.2, 0) is 9.53 Å². The molecule has 0 spiro atoms. The summed E-state index contributed by atoms with van der Waals surface area (Å²) in [5.74, 6) is -0.111. The second-order valence-corrected chi connectivity index (χ2v) is 5.95. The molecule has 25 heavy (non-hydrogen) atoms. The van der Waals surface area contributed by atoms with Crippen LogP contribution in [0.3, 0.4) is 0 Å². The van der Waals surface area contributed by atoms with Crippen molar-refractivity contribution in [3.05, 3.63) is 48.6 Å². The van der Waals surface area contributed by atoms with Gasteiger partial charge in [-0.2, -0.15) is 0 Å². The Bertz CT molecular complexity index is 419. The molecule has 0 aliphatic carbocycles. The number of ether oxygens (including phenoxy) is 1. The van der Waals surface area contributed by atoms with Crippen molar-refractivity contribution in [3.63, 3.8) is 0 Å². The molecule has 0 amide bonds. The van der Waals surface area contributed by atoms with Gasteiger partial charge in [0.2, 0.25) is 0 Å². The summed E-state index contributed by atoms with van der Waals surface area (Å²) >= 11 is 0. The van der Waals surface area contributed by atoms with E-state index >= 15 is 0 Å². The number of allylic oxidation sites excluding steroid dienone is 6. The van der Waals surface area contributed by atoms with E-state index in [9.17, 15) is 9.90 Å². The standard InChI is InChI=1S/C22H36O3/c1-3-5-6-12-15-18-21(23)19-16-13-10-8-7-9-11-14-17-20-22(24)25-4-2/h8-11,15-16,18-19,21,23H,3-7,12-14,17,20H2,1-2H3. The number of esters is 1. The van der Waals surface area contributed by atoms with E-state index in [4.69, 9.17) is 4.74 Å². The molecule has 0 bridgehead atoms. The lowest BCUT2D eigenvalue weighted by molar-refractivity contribution is -0.143. The highest BCUT2D eigenvalue weighted by molar-refractivity contribution is 5.69. The summed E-state index contributed by atoms with van der Waals surface area (Å²) in [6.45, 7) is 4.47. The van der Waals surface area contributed by atoms with E-state index in [-0.39, 0.29) is 5.97 Å². The lowest BCUT2D eigenvalue weighted by atomic mass is 10.2. The van der Waals surface area contributed by atoms with Crippen LogP contribution in [0.5, 0.6) is 0 Å². The van der Waals surface area contributed by atoms with Crippen molar-refractivity contribution < 1.29 is 14.6 Å². The van der Waals surface area contributed by atoms with Gasteiger partial charge in [-0.3, -0.25) is 4.79 Å². The minimum atomic E-state index is -0.477. The zero-order chi connectivity index (χ0) is 18.6. The molecule has 1 unspecified atom stereocenters. The van der Waals surface area contributed by atoms with Gasteiger partial charge in [0.25, 0.3) is 0 Å². The average molecular weight is 349 g/mol. The van der Waals surface area contributed by atoms with Crippen molar-refractivity contribution in [2.45, 2.75) is 77.7 Å². The van der Waals surface area contributed by atoms with E-state index in [1.165, 1.54) is 19.3 Å². The Morgan fingerprint density at radius 3 is 2.24 bits per heavy atom. The van der Waals surface area contributed by atoms with Gasteiger partial charge in [-0.15, -0.1) is 0 Å². The number of aliphatic hydroxyl groups excluding tert-OH is 1. The highest BCUT2D eigenvalue weighted by Crippen LogP contribution is 2.02. The maximum atomic E-state index is 11.1. The fraction of sp³-hybridized carbons (Fsp3) is 0.591. The molecule has 0 aromatic heterocycles. The molecule has 0 rings (SSSR count). The highest BCUT2D eigenvalue weighted by atomic mass is 16.5. The van der Waals surface area contributed by atoms with Gasteiger partial charge in [0.1, 0.15) is 0 Å². The number of hydrogen-bond acceptors (Lipinski definition) is 3. The summed E-state index contributed by atoms with van der Waals surface area (Å²) < 4.78 is 4.88. The SMILES string of the molecule is CCCCCC=CC(O)C=CCC=CCC=CCCCC(=O)OCC. The van der Waals surface area contributed by atoms with Crippen LogP contribution in [0.1, 0.15) is 71.6 Å². The normalized spacial score (nSPS) is 13.6. The second kappa shape index (κ2) is 18.7. The fourth-order valence-electron chi connectivity index (χ4n) is 2.19. The largest absolute Gasteiger partial charge is 0.466 e. The molecule has 0 aliphatic rings. The molecule has 1 atom stereocenters. The molecule has 0 saturated carbocycles. The molecular weight excluding hydrogens is 312 g/mol. The Morgan fingerprint density at radius 2 is 1.52 bits per heavy atom. The van der Waals surface area contributed by atoms with Gasteiger partial charge in [0.05, 0.1) is 12.7 Å². The lowest BCUT2D eigenvalue weighted by Crippen LogP contribution is -2.02. The third kappa shape index (κ3) is 18.6. The van der Waals surface area contributed by atoms with Crippen molar-refractivity contribution in [2.24, 2.45) is 0 Å². The lowest BCUT2D eigenvalue weighted by Gasteiger charge is -1.98. The molecule has 3 nitrogen and oxygen atoms in total. The molecule has 0 saturated heterocycles. The molecular formula is C22H36O3. The van der Waals surface area contributed by atoms with Crippen molar-refractivity contribution in [3.8, 4) is 0 Å².